The van der Waals surface area contributed by atoms with Crippen LogP contribution in [0.1, 0.15) is 25.7 Å². The third kappa shape index (κ3) is 9.17. The first-order chi connectivity index (χ1) is 16.7. The molecule has 0 bridgehead atoms. The Morgan fingerprint density at radius 3 is 1.31 bits per heavy atom. The number of hydrogen-bond acceptors (Lipinski definition) is 11. The monoisotopic (exact) mass is 498 g/mol. The van der Waals surface area contributed by atoms with Crippen LogP contribution < -0.4 is 20.3 Å². The second-order valence-corrected chi connectivity index (χ2v) is 6.93. The molecule has 35 heavy (non-hydrogen) atoms. The largest absolute Gasteiger partial charge is 0.492 e. The first-order valence-corrected chi connectivity index (χ1v) is 10.4. The van der Waals surface area contributed by atoms with Gasteiger partial charge in [-0.3, -0.25) is 9.59 Å². The highest BCUT2D eigenvalue weighted by atomic mass is 16.7. The van der Waals surface area contributed by atoms with Gasteiger partial charge in [0, 0.05) is 50.2 Å². The maximum Gasteiger partial charge on any atom is 0.333 e. The minimum Gasteiger partial charge on any atom is -0.492 e. The SMILES string of the molecule is O=C(CCC(=O)On1c(O)ccc1O)NCCOCCNC(=O)CCC(=O)On1c(O)ccc1O. The van der Waals surface area contributed by atoms with Crippen LogP contribution in [0.5, 0.6) is 23.5 Å². The number of carbonyl (C=O) groups excluding carboxylic acids is 4. The van der Waals surface area contributed by atoms with Crippen LogP contribution >= 0.6 is 0 Å². The van der Waals surface area contributed by atoms with Gasteiger partial charge < -0.3 is 45.5 Å². The minimum absolute atomic E-state index is 0.146. The van der Waals surface area contributed by atoms with E-state index in [1.807, 2.05) is 0 Å². The number of aromatic nitrogens is 2. The Bertz CT molecular complexity index is 911. The van der Waals surface area contributed by atoms with Gasteiger partial charge in [0.25, 0.3) is 0 Å². The lowest BCUT2D eigenvalue weighted by Crippen LogP contribution is -2.31. The zero-order chi connectivity index (χ0) is 25.8. The number of nitrogens with one attached hydrogen (secondary N) is 2. The third-order valence-corrected chi connectivity index (χ3v) is 4.23. The number of ether oxygens (including phenoxy) is 1. The predicted molar refractivity (Wildman–Crippen MR) is 114 cm³/mol. The van der Waals surface area contributed by atoms with E-state index in [2.05, 4.69) is 10.6 Å². The lowest BCUT2D eigenvalue weighted by Gasteiger charge is -2.09. The Morgan fingerprint density at radius 2 is 0.971 bits per heavy atom. The zero-order valence-corrected chi connectivity index (χ0v) is 18.5. The standard InChI is InChI=1S/C20H26N4O11/c25-13(1-7-19(31)34-23-15(27)3-4-16(23)28)21-9-11-33-12-10-22-14(26)2-8-20(32)35-24-17(29)5-6-18(24)30/h3-6,27-30H,1-2,7-12H2,(H,21,25)(H,22,26). The number of aromatic hydroxyl groups is 4. The van der Waals surface area contributed by atoms with Crippen LogP contribution in [0.15, 0.2) is 24.3 Å². The maximum atomic E-state index is 11.7. The Hall–Kier alpha value is -4.40. The van der Waals surface area contributed by atoms with E-state index in [0.29, 0.717) is 9.46 Å². The quantitative estimate of drug-likeness (QED) is 0.166. The molecular formula is C20H26N4O11. The zero-order valence-electron chi connectivity index (χ0n) is 18.5. The lowest BCUT2D eigenvalue weighted by molar-refractivity contribution is -0.147. The van der Waals surface area contributed by atoms with E-state index in [4.69, 9.17) is 14.4 Å². The summed E-state index contributed by atoms with van der Waals surface area (Å²) in [5.41, 5.74) is 0. The van der Waals surface area contributed by atoms with Gasteiger partial charge in [0.2, 0.25) is 35.3 Å². The molecule has 2 heterocycles. The molecule has 2 aromatic rings. The normalized spacial score (nSPS) is 10.5. The molecule has 0 aliphatic rings. The molecule has 0 saturated carbocycles. The van der Waals surface area contributed by atoms with E-state index >= 15 is 0 Å². The number of amides is 2. The summed E-state index contributed by atoms with van der Waals surface area (Å²) in [7, 11) is 0. The number of carbonyl (C=O) groups is 4. The predicted octanol–water partition coefficient (Wildman–Crippen LogP) is -1.47. The molecule has 0 aromatic carbocycles. The second-order valence-electron chi connectivity index (χ2n) is 6.93. The van der Waals surface area contributed by atoms with Crippen LogP contribution in [0, 0.1) is 0 Å². The smallest absolute Gasteiger partial charge is 0.333 e. The van der Waals surface area contributed by atoms with E-state index in [-0.39, 0.29) is 52.0 Å². The minimum atomic E-state index is -0.830. The molecular weight excluding hydrogens is 472 g/mol. The molecule has 2 rings (SSSR count). The van der Waals surface area contributed by atoms with Crippen LogP contribution in [0.4, 0.5) is 0 Å². The number of nitrogens with zero attached hydrogens (tertiary/aromatic N) is 2. The molecule has 0 aliphatic heterocycles. The van der Waals surface area contributed by atoms with Crippen LogP contribution in [0.3, 0.4) is 0 Å². The van der Waals surface area contributed by atoms with Crippen LogP contribution in [0.25, 0.3) is 0 Å². The number of rotatable bonds is 14. The van der Waals surface area contributed by atoms with Gasteiger partial charge in [-0.1, -0.05) is 0 Å². The van der Waals surface area contributed by atoms with Gasteiger partial charge in [0.1, 0.15) is 0 Å². The summed E-state index contributed by atoms with van der Waals surface area (Å²) in [6.07, 6.45) is -0.915. The van der Waals surface area contributed by atoms with Crippen molar-refractivity contribution in [1.82, 2.24) is 20.1 Å². The van der Waals surface area contributed by atoms with Crippen molar-refractivity contribution in [1.29, 1.82) is 0 Å². The summed E-state index contributed by atoms with van der Waals surface area (Å²) in [4.78, 5) is 56.2. The van der Waals surface area contributed by atoms with Gasteiger partial charge in [0.05, 0.1) is 26.1 Å². The fourth-order valence-corrected chi connectivity index (χ4v) is 2.52. The van der Waals surface area contributed by atoms with Crippen LogP contribution in [-0.2, 0) is 23.9 Å². The van der Waals surface area contributed by atoms with Gasteiger partial charge in [-0.05, 0) is 0 Å². The molecule has 15 nitrogen and oxygen atoms in total. The van der Waals surface area contributed by atoms with Crippen molar-refractivity contribution in [3.63, 3.8) is 0 Å². The van der Waals surface area contributed by atoms with Gasteiger partial charge in [0.15, 0.2) is 0 Å². The van der Waals surface area contributed by atoms with Crippen LogP contribution in [-0.4, -0.2) is 79.9 Å². The highest BCUT2D eigenvalue weighted by Crippen LogP contribution is 2.19. The van der Waals surface area contributed by atoms with Crippen molar-refractivity contribution < 1.29 is 54.0 Å². The van der Waals surface area contributed by atoms with E-state index in [1.54, 1.807) is 0 Å². The highest BCUT2D eigenvalue weighted by molar-refractivity contribution is 5.82. The van der Waals surface area contributed by atoms with Crippen LogP contribution in [0.2, 0.25) is 0 Å². The van der Waals surface area contributed by atoms with E-state index in [9.17, 15) is 39.6 Å². The molecule has 0 saturated heterocycles. The van der Waals surface area contributed by atoms with E-state index < -0.39 is 47.3 Å². The fourth-order valence-electron chi connectivity index (χ4n) is 2.52. The van der Waals surface area contributed by atoms with E-state index in [1.165, 1.54) is 0 Å². The summed E-state index contributed by atoms with van der Waals surface area (Å²) in [6.45, 7) is 0.610. The molecule has 2 aromatic heterocycles. The molecule has 0 spiro atoms. The summed E-state index contributed by atoms with van der Waals surface area (Å²) in [5.74, 6) is -4.40. The lowest BCUT2D eigenvalue weighted by atomic mass is 10.3. The molecule has 0 aliphatic carbocycles. The Labute approximate surface area is 198 Å². The molecule has 2 amide bonds. The highest BCUT2D eigenvalue weighted by Gasteiger charge is 2.15. The molecule has 0 radical (unpaired) electrons. The van der Waals surface area contributed by atoms with Gasteiger partial charge in [-0.15, -0.1) is 9.46 Å². The summed E-state index contributed by atoms with van der Waals surface area (Å²) >= 11 is 0. The van der Waals surface area contributed by atoms with Crippen molar-refractivity contribution in [3.05, 3.63) is 24.3 Å². The Balaban J connectivity index is 1.46. The van der Waals surface area contributed by atoms with Crippen molar-refractivity contribution in [2.24, 2.45) is 0 Å². The number of hydrogen-bond donors (Lipinski definition) is 6. The molecule has 192 valence electrons. The van der Waals surface area contributed by atoms with Crippen molar-refractivity contribution in [3.8, 4) is 23.5 Å². The third-order valence-electron chi connectivity index (χ3n) is 4.23. The second kappa shape index (κ2) is 13.3. The molecule has 15 heteroatoms. The average Bonchev–Trinajstić information content (AvgIpc) is 3.31. The average molecular weight is 498 g/mol. The molecule has 6 N–H and O–H groups in total. The first-order valence-electron chi connectivity index (χ1n) is 10.4. The Kier molecular flexibility index (Phi) is 10.2. The van der Waals surface area contributed by atoms with Gasteiger partial charge >= 0.3 is 11.9 Å². The summed E-state index contributed by atoms with van der Waals surface area (Å²) in [5, 5.41) is 42.6. The van der Waals surface area contributed by atoms with Crippen molar-refractivity contribution in [2.45, 2.75) is 25.7 Å². The molecule has 0 unspecified atom stereocenters. The molecule has 0 atom stereocenters. The van der Waals surface area contributed by atoms with Gasteiger partial charge in [-0.2, -0.15) is 0 Å². The van der Waals surface area contributed by atoms with Crippen molar-refractivity contribution >= 4 is 23.8 Å². The van der Waals surface area contributed by atoms with Crippen molar-refractivity contribution in [2.75, 3.05) is 26.3 Å². The Morgan fingerprint density at radius 1 is 0.629 bits per heavy atom. The summed E-state index contributed by atoms with van der Waals surface area (Å²) < 4.78 is 6.30. The van der Waals surface area contributed by atoms with Gasteiger partial charge in [-0.25, -0.2) is 9.59 Å². The maximum absolute atomic E-state index is 11.7. The van der Waals surface area contributed by atoms with E-state index in [0.717, 1.165) is 24.3 Å². The molecule has 0 fully saturated rings. The first kappa shape index (κ1) is 26.8. The fraction of sp³-hybridized carbons (Fsp3) is 0.400. The summed E-state index contributed by atoms with van der Waals surface area (Å²) in [6, 6.07) is 4.51. The topological polar surface area (TPSA) is 211 Å².